The van der Waals surface area contributed by atoms with Crippen LogP contribution in [0.5, 0.6) is 11.5 Å². The van der Waals surface area contributed by atoms with Gasteiger partial charge in [-0.05, 0) is 29.8 Å². The number of benzene rings is 2. The molecule has 0 amide bonds. The monoisotopic (exact) mass is 482 g/mol. The topological polar surface area (TPSA) is 97.8 Å². The minimum Gasteiger partial charge on any atom is -0.495 e. The van der Waals surface area contributed by atoms with Crippen LogP contribution < -0.4 is 15.2 Å². The van der Waals surface area contributed by atoms with Crippen molar-refractivity contribution in [3.63, 3.8) is 0 Å². The molecule has 3 unspecified atom stereocenters. The number of nitrogens with zero attached hydrogens (tertiary/aromatic N) is 1. The van der Waals surface area contributed by atoms with Crippen molar-refractivity contribution >= 4 is 15.9 Å². The van der Waals surface area contributed by atoms with Gasteiger partial charge in [0, 0.05) is 16.3 Å². The second-order valence-electron chi connectivity index (χ2n) is 8.06. The fourth-order valence-corrected chi connectivity index (χ4v) is 5.76. The lowest BCUT2D eigenvalue weighted by molar-refractivity contribution is -0.152. The van der Waals surface area contributed by atoms with Gasteiger partial charge < -0.3 is 25.4 Å². The molecule has 2 heterocycles. The molecule has 3 aromatic rings. The molecule has 160 valence electrons. The molecule has 31 heavy (non-hydrogen) atoms. The van der Waals surface area contributed by atoms with Gasteiger partial charge in [0.25, 0.3) is 0 Å². The SMILES string of the molecule is COc1cncc2c1C1(O)[C@H](O)[C@H](CN)C(c3ccccc3)C1(c1ccc(Br)cc1)O2. The number of rotatable bonds is 4. The zero-order valence-corrected chi connectivity index (χ0v) is 18.5. The third-order valence-corrected chi connectivity index (χ3v) is 7.25. The van der Waals surface area contributed by atoms with Gasteiger partial charge in [0.15, 0.2) is 11.2 Å². The highest BCUT2D eigenvalue weighted by molar-refractivity contribution is 9.10. The van der Waals surface area contributed by atoms with Crippen LogP contribution in [-0.2, 0) is 11.2 Å². The van der Waals surface area contributed by atoms with E-state index < -0.39 is 29.1 Å². The molecule has 0 radical (unpaired) electrons. The molecule has 6 nitrogen and oxygen atoms in total. The third-order valence-electron chi connectivity index (χ3n) is 6.72. The summed E-state index contributed by atoms with van der Waals surface area (Å²) in [5.74, 6) is -0.123. The van der Waals surface area contributed by atoms with Crippen LogP contribution in [0.15, 0.2) is 71.5 Å². The standard InChI is InChI=1S/C24H23BrN2O4/c1-30-18-12-27-13-19-21(18)23(29)22(28)17(11-26)20(14-5-3-2-4-6-14)24(23,31-19)15-7-9-16(25)10-8-15/h2-10,12-13,17,20,22,28-29H,11,26H2,1H3/t17-,20?,22-,23?,24?/m1/s1. The molecular weight excluding hydrogens is 460 g/mol. The molecule has 1 saturated carbocycles. The Labute approximate surface area is 188 Å². The lowest BCUT2D eigenvalue weighted by Gasteiger charge is -2.41. The molecular formula is C24H23BrN2O4. The number of aromatic nitrogens is 1. The van der Waals surface area contributed by atoms with E-state index in [0.29, 0.717) is 17.1 Å². The van der Waals surface area contributed by atoms with E-state index in [4.69, 9.17) is 15.2 Å². The molecule has 1 aromatic heterocycles. The summed E-state index contributed by atoms with van der Waals surface area (Å²) < 4.78 is 13.1. The van der Waals surface area contributed by atoms with Crippen LogP contribution in [0, 0.1) is 5.92 Å². The molecule has 1 aliphatic carbocycles. The van der Waals surface area contributed by atoms with Gasteiger partial charge in [-0.1, -0.05) is 58.4 Å². The van der Waals surface area contributed by atoms with Gasteiger partial charge in [0.2, 0.25) is 0 Å². The van der Waals surface area contributed by atoms with E-state index in [2.05, 4.69) is 20.9 Å². The van der Waals surface area contributed by atoms with E-state index >= 15 is 0 Å². The van der Waals surface area contributed by atoms with Gasteiger partial charge in [0.1, 0.15) is 11.5 Å². The summed E-state index contributed by atoms with van der Waals surface area (Å²) in [6, 6.07) is 17.4. The number of methoxy groups -OCH3 is 1. The zero-order chi connectivity index (χ0) is 21.8. The van der Waals surface area contributed by atoms with Crippen molar-refractivity contribution < 1.29 is 19.7 Å². The molecule has 0 saturated heterocycles. The van der Waals surface area contributed by atoms with E-state index in [9.17, 15) is 10.2 Å². The van der Waals surface area contributed by atoms with Crippen molar-refractivity contribution in [2.45, 2.75) is 23.2 Å². The Morgan fingerprint density at radius 2 is 1.84 bits per heavy atom. The average Bonchev–Trinajstić information content (AvgIpc) is 3.18. The number of hydrogen-bond acceptors (Lipinski definition) is 6. The lowest BCUT2D eigenvalue weighted by Crippen LogP contribution is -2.52. The van der Waals surface area contributed by atoms with Crippen LogP contribution in [0.4, 0.5) is 0 Å². The molecule has 5 atom stereocenters. The summed E-state index contributed by atoms with van der Waals surface area (Å²) in [5, 5.41) is 24.0. The first kappa shape index (κ1) is 20.5. The molecule has 0 bridgehead atoms. The van der Waals surface area contributed by atoms with Gasteiger partial charge in [-0.3, -0.25) is 4.98 Å². The summed E-state index contributed by atoms with van der Waals surface area (Å²) in [5.41, 5.74) is 5.13. The molecule has 2 aromatic carbocycles. The van der Waals surface area contributed by atoms with Crippen LogP contribution in [0.2, 0.25) is 0 Å². The fourth-order valence-electron chi connectivity index (χ4n) is 5.49. The number of aliphatic hydroxyl groups is 2. The summed E-state index contributed by atoms with van der Waals surface area (Å²) >= 11 is 3.48. The molecule has 5 rings (SSSR count). The number of nitrogens with two attached hydrogens (primary N) is 1. The Morgan fingerprint density at radius 3 is 2.48 bits per heavy atom. The Balaban J connectivity index is 1.87. The van der Waals surface area contributed by atoms with Gasteiger partial charge in [0.05, 0.1) is 31.2 Å². The fraction of sp³-hybridized carbons (Fsp3) is 0.292. The Kier molecular flexibility index (Phi) is 4.82. The lowest BCUT2D eigenvalue weighted by atomic mass is 9.70. The van der Waals surface area contributed by atoms with Crippen LogP contribution in [0.25, 0.3) is 0 Å². The van der Waals surface area contributed by atoms with Crippen molar-refractivity contribution in [1.29, 1.82) is 0 Å². The Bertz CT molecular complexity index is 1110. The maximum absolute atomic E-state index is 12.4. The van der Waals surface area contributed by atoms with Gasteiger partial charge in [-0.2, -0.15) is 0 Å². The highest BCUT2D eigenvalue weighted by Crippen LogP contribution is 2.69. The van der Waals surface area contributed by atoms with Crippen molar-refractivity contribution in [1.82, 2.24) is 4.98 Å². The highest BCUT2D eigenvalue weighted by atomic mass is 79.9. The smallest absolute Gasteiger partial charge is 0.177 e. The van der Waals surface area contributed by atoms with E-state index in [0.717, 1.165) is 15.6 Å². The van der Waals surface area contributed by atoms with Crippen LogP contribution >= 0.6 is 15.9 Å². The largest absolute Gasteiger partial charge is 0.495 e. The first-order chi connectivity index (χ1) is 15.0. The van der Waals surface area contributed by atoms with E-state index in [-0.39, 0.29) is 6.54 Å². The van der Waals surface area contributed by atoms with Crippen LogP contribution in [-0.4, -0.2) is 35.0 Å². The van der Waals surface area contributed by atoms with E-state index in [1.165, 1.54) is 13.3 Å². The number of fused-ring (bicyclic) bond motifs is 3. The third kappa shape index (κ3) is 2.58. The maximum atomic E-state index is 12.4. The zero-order valence-electron chi connectivity index (χ0n) is 16.9. The first-order valence-electron chi connectivity index (χ1n) is 10.1. The van der Waals surface area contributed by atoms with Crippen molar-refractivity contribution in [2.75, 3.05) is 13.7 Å². The molecule has 1 fully saturated rings. The van der Waals surface area contributed by atoms with Crippen molar-refractivity contribution in [2.24, 2.45) is 11.7 Å². The van der Waals surface area contributed by atoms with Crippen LogP contribution in [0.1, 0.15) is 22.6 Å². The molecule has 7 heteroatoms. The number of hydrogen-bond donors (Lipinski definition) is 3. The highest BCUT2D eigenvalue weighted by Gasteiger charge is 2.76. The van der Waals surface area contributed by atoms with Crippen LogP contribution in [0.3, 0.4) is 0 Å². The van der Waals surface area contributed by atoms with Gasteiger partial charge in [-0.15, -0.1) is 0 Å². The molecule has 2 aliphatic rings. The summed E-state index contributed by atoms with van der Waals surface area (Å²) in [7, 11) is 1.51. The maximum Gasteiger partial charge on any atom is 0.177 e. The normalized spacial score (nSPS) is 31.1. The van der Waals surface area contributed by atoms with Gasteiger partial charge in [-0.25, -0.2) is 0 Å². The van der Waals surface area contributed by atoms with Crippen molar-refractivity contribution in [3.05, 3.63) is 88.2 Å². The number of halogens is 1. The predicted molar refractivity (Wildman–Crippen MR) is 119 cm³/mol. The van der Waals surface area contributed by atoms with Crippen molar-refractivity contribution in [3.8, 4) is 11.5 Å². The summed E-state index contributed by atoms with van der Waals surface area (Å²) in [4.78, 5) is 4.21. The average molecular weight is 483 g/mol. The van der Waals surface area contributed by atoms with E-state index in [1.54, 1.807) is 6.20 Å². The summed E-state index contributed by atoms with van der Waals surface area (Å²) in [6.07, 6.45) is 1.89. The number of pyridine rings is 1. The first-order valence-corrected chi connectivity index (χ1v) is 10.9. The predicted octanol–water partition coefficient (Wildman–Crippen LogP) is 3.06. The second-order valence-corrected chi connectivity index (χ2v) is 8.97. The molecule has 1 aliphatic heterocycles. The van der Waals surface area contributed by atoms with E-state index in [1.807, 2.05) is 54.6 Å². The minimum atomic E-state index is -1.80. The number of ether oxygens (including phenoxy) is 2. The minimum absolute atomic E-state index is 0.174. The number of aliphatic hydroxyl groups excluding tert-OH is 1. The molecule has 0 spiro atoms. The van der Waals surface area contributed by atoms with Gasteiger partial charge >= 0.3 is 0 Å². The Morgan fingerprint density at radius 1 is 1.13 bits per heavy atom. The summed E-state index contributed by atoms with van der Waals surface area (Å²) in [6.45, 7) is 0.174. The molecule has 4 N–H and O–H groups in total. The Hall–Kier alpha value is -2.45. The quantitative estimate of drug-likeness (QED) is 0.528. The second kappa shape index (κ2) is 7.31.